The smallest absolute Gasteiger partial charge is 0.246 e. The first kappa shape index (κ1) is 11.1. The van der Waals surface area contributed by atoms with Crippen LogP contribution in [-0.2, 0) is 4.79 Å². The van der Waals surface area contributed by atoms with Gasteiger partial charge in [0.15, 0.2) is 0 Å². The summed E-state index contributed by atoms with van der Waals surface area (Å²) in [7, 11) is 1.80. The molecule has 2 rings (SSSR count). The maximum atomic E-state index is 12.3. The summed E-state index contributed by atoms with van der Waals surface area (Å²) in [6.07, 6.45) is 5.37. The Morgan fingerprint density at radius 3 is 3.00 bits per heavy atom. The molecule has 1 unspecified atom stereocenters. The van der Waals surface area contributed by atoms with E-state index >= 15 is 0 Å². The number of hydrogen-bond acceptors (Lipinski definition) is 3. The van der Waals surface area contributed by atoms with Gasteiger partial charge >= 0.3 is 0 Å². The van der Waals surface area contributed by atoms with Gasteiger partial charge in [-0.05, 0) is 38.4 Å². The van der Waals surface area contributed by atoms with Crippen LogP contribution in [0, 0.1) is 0 Å². The molecule has 4 heteroatoms. The van der Waals surface area contributed by atoms with Crippen molar-refractivity contribution in [2.45, 2.75) is 25.3 Å². The highest BCUT2D eigenvalue weighted by Gasteiger charge is 2.38. The lowest BCUT2D eigenvalue weighted by Gasteiger charge is -2.29. The predicted molar refractivity (Wildman–Crippen MR) is 63.3 cm³/mol. The Morgan fingerprint density at radius 1 is 1.62 bits per heavy atom. The average molecular weight is 219 g/mol. The normalized spacial score (nSPS) is 24.4. The summed E-state index contributed by atoms with van der Waals surface area (Å²) in [5.74, 6) is 0.109. The van der Waals surface area contributed by atoms with Gasteiger partial charge in [-0.3, -0.25) is 9.78 Å². The minimum atomic E-state index is -0.412. The van der Waals surface area contributed by atoms with Crippen LogP contribution in [0.4, 0.5) is 5.69 Å². The highest BCUT2D eigenvalue weighted by molar-refractivity contribution is 5.99. The zero-order chi connectivity index (χ0) is 11.6. The van der Waals surface area contributed by atoms with Gasteiger partial charge in [-0.1, -0.05) is 0 Å². The van der Waals surface area contributed by atoms with Gasteiger partial charge in [-0.15, -0.1) is 0 Å². The molecule has 1 aromatic rings. The largest absolute Gasteiger partial charge is 0.312 e. The van der Waals surface area contributed by atoms with Crippen LogP contribution in [0.5, 0.6) is 0 Å². The molecule has 1 fully saturated rings. The summed E-state index contributed by atoms with van der Waals surface area (Å²) in [5, 5.41) is 3.27. The third-order valence-corrected chi connectivity index (χ3v) is 3.18. The van der Waals surface area contributed by atoms with Crippen molar-refractivity contribution in [2.75, 3.05) is 18.5 Å². The van der Waals surface area contributed by atoms with E-state index in [1.54, 1.807) is 24.3 Å². The molecule has 0 aliphatic carbocycles. The molecule has 2 heterocycles. The summed E-state index contributed by atoms with van der Waals surface area (Å²) >= 11 is 0. The number of nitrogens with one attached hydrogen (secondary N) is 1. The molecular formula is C12H17N3O. The fraction of sp³-hybridized carbons (Fsp3) is 0.500. The second-order valence-corrected chi connectivity index (χ2v) is 4.44. The molecule has 1 aliphatic heterocycles. The number of pyridine rings is 1. The van der Waals surface area contributed by atoms with E-state index in [-0.39, 0.29) is 5.91 Å². The van der Waals surface area contributed by atoms with Crippen molar-refractivity contribution in [2.24, 2.45) is 0 Å². The van der Waals surface area contributed by atoms with Crippen LogP contribution >= 0.6 is 0 Å². The van der Waals surface area contributed by atoms with E-state index in [4.69, 9.17) is 0 Å². The van der Waals surface area contributed by atoms with Crippen LogP contribution < -0.4 is 10.2 Å². The highest BCUT2D eigenvalue weighted by Crippen LogP contribution is 2.23. The molecule has 1 saturated heterocycles. The minimum absolute atomic E-state index is 0.109. The lowest BCUT2D eigenvalue weighted by atomic mass is 9.98. The van der Waals surface area contributed by atoms with Crippen LogP contribution in [-0.4, -0.2) is 30.0 Å². The quantitative estimate of drug-likeness (QED) is 0.812. The molecule has 0 aromatic carbocycles. The average Bonchev–Trinajstić information content (AvgIpc) is 2.77. The number of aromatic nitrogens is 1. The van der Waals surface area contributed by atoms with Crippen molar-refractivity contribution in [3.63, 3.8) is 0 Å². The number of carbonyl (C=O) groups is 1. The maximum absolute atomic E-state index is 12.3. The van der Waals surface area contributed by atoms with Crippen LogP contribution in [0.1, 0.15) is 19.8 Å². The van der Waals surface area contributed by atoms with E-state index in [0.717, 1.165) is 25.1 Å². The molecule has 1 atom stereocenters. The van der Waals surface area contributed by atoms with E-state index in [1.807, 2.05) is 19.1 Å². The van der Waals surface area contributed by atoms with Gasteiger partial charge < -0.3 is 10.2 Å². The van der Waals surface area contributed by atoms with Gasteiger partial charge in [0.1, 0.15) is 0 Å². The summed E-state index contributed by atoms with van der Waals surface area (Å²) in [4.78, 5) is 18.0. The molecular weight excluding hydrogens is 202 g/mol. The summed E-state index contributed by atoms with van der Waals surface area (Å²) in [5.41, 5.74) is 0.423. The van der Waals surface area contributed by atoms with Gasteiger partial charge in [0.25, 0.3) is 0 Å². The van der Waals surface area contributed by atoms with Gasteiger partial charge in [0, 0.05) is 13.2 Å². The number of carbonyl (C=O) groups excluding carboxylic acids is 1. The van der Waals surface area contributed by atoms with Crippen molar-refractivity contribution in [1.82, 2.24) is 10.3 Å². The number of hydrogen-bond donors (Lipinski definition) is 1. The fourth-order valence-corrected chi connectivity index (χ4v) is 2.12. The topological polar surface area (TPSA) is 45.2 Å². The SMILES string of the molecule is CN(C(=O)C1(C)CCCN1)c1cccnc1. The second-order valence-electron chi connectivity index (χ2n) is 4.44. The Kier molecular flexibility index (Phi) is 2.92. The standard InChI is InChI=1S/C12H17N3O/c1-12(6-4-8-14-12)11(16)15(2)10-5-3-7-13-9-10/h3,5,7,9,14H,4,6,8H2,1-2H3. The molecule has 0 saturated carbocycles. The number of likely N-dealkylation sites (N-methyl/N-ethyl adjacent to an activating group) is 1. The number of anilines is 1. The first-order valence-electron chi connectivity index (χ1n) is 5.57. The lowest BCUT2D eigenvalue weighted by Crippen LogP contribution is -2.51. The lowest BCUT2D eigenvalue weighted by molar-refractivity contribution is -0.123. The van der Waals surface area contributed by atoms with Crippen LogP contribution in [0.3, 0.4) is 0 Å². The summed E-state index contributed by atoms with van der Waals surface area (Å²) < 4.78 is 0. The van der Waals surface area contributed by atoms with Gasteiger partial charge in [-0.25, -0.2) is 0 Å². The molecule has 16 heavy (non-hydrogen) atoms. The number of rotatable bonds is 2. The summed E-state index contributed by atoms with van der Waals surface area (Å²) in [6, 6.07) is 3.73. The van der Waals surface area contributed by atoms with Crippen molar-refractivity contribution in [3.05, 3.63) is 24.5 Å². The van der Waals surface area contributed by atoms with Gasteiger partial charge in [-0.2, -0.15) is 0 Å². The zero-order valence-electron chi connectivity index (χ0n) is 9.73. The van der Waals surface area contributed by atoms with Crippen LogP contribution in [0.15, 0.2) is 24.5 Å². The highest BCUT2D eigenvalue weighted by atomic mass is 16.2. The first-order valence-corrected chi connectivity index (χ1v) is 5.57. The van der Waals surface area contributed by atoms with E-state index < -0.39 is 5.54 Å². The van der Waals surface area contributed by atoms with Crippen molar-refractivity contribution in [3.8, 4) is 0 Å². The first-order chi connectivity index (χ1) is 7.63. The maximum Gasteiger partial charge on any atom is 0.246 e. The Labute approximate surface area is 95.7 Å². The summed E-state index contributed by atoms with van der Waals surface area (Å²) in [6.45, 7) is 2.89. The van der Waals surface area contributed by atoms with E-state index in [0.29, 0.717) is 0 Å². The van der Waals surface area contributed by atoms with Gasteiger partial charge in [0.2, 0.25) is 5.91 Å². The minimum Gasteiger partial charge on any atom is -0.312 e. The number of amides is 1. The molecule has 86 valence electrons. The molecule has 1 N–H and O–H groups in total. The fourth-order valence-electron chi connectivity index (χ4n) is 2.12. The third-order valence-electron chi connectivity index (χ3n) is 3.18. The van der Waals surface area contributed by atoms with E-state index in [1.165, 1.54) is 0 Å². The van der Waals surface area contributed by atoms with Crippen LogP contribution in [0.25, 0.3) is 0 Å². The van der Waals surface area contributed by atoms with Crippen LogP contribution in [0.2, 0.25) is 0 Å². The van der Waals surface area contributed by atoms with Crippen molar-refractivity contribution < 1.29 is 4.79 Å². The van der Waals surface area contributed by atoms with Gasteiger partial charge in [0.05, 0.1) is 17.4 Å². The van der Waals surface area contributed by atoms with E-state index in [9.17, 15) is 4.79 Å². The Balaban J connectivity index is 2.16. The Hall–Kier alpha value is -1.42. The van der Waals surface area contributed by atoms with Crippen molar-refractivity contribution >= 4 is 11.6 Å². The Bertz CT molecular complexity index is 371. The Morgan fingerprint density at radius 2 is 2.44 bits per heavy atom. The monoisotopic (exact) mass is 219 g/mol. The second kappa shape index (κ2) is 4.22. The molecule has 0 spiro atoms. The predicted octanol–water partition coefficient (Wildman–Crippen LogP) is 1.19. The molecule has 1 aliphatic rings. The molecule has 1 amide bonds. The van der Waals surface area contributed by atoms with E-state index in [2.05, 4.69) is 10.3 Å². The molecule has 0 bridgehead atoms. The molecule has 0 radical (unpaired) electrons. The third kappa shape index (κ3) is 1.93. The molecule has 1 aromatic heterocycles. The number of nitrogens with zero attached hydrogens (tertiary/aromatic N) is 2. The molecule has 4 nitrogen and oxygen atoms in total. The van der Waals surface area contributed by atoms with Crippen molar-refractivity contribution in [1.29, 1.82) is 0 Å². The zero-order valence-corrected chi connectivity index (χ0v) is 9.73.